The lowest BCUT2D eigenvalue weighted by atomic mass is 10.1. The van der Waals surface area contributed by atoms with Crippen LogP contribution in [0.4, 0.5) is 0 Å². The third kappa shape index (κ3) is 64.8. The van der Waals surface area contributed by atoms with E-state index in [0.717, 1.165) is 167 Å². The molecule has 0 aliphatic carbocycles. The van der Waals surface area contributed by atoms with Gasteiger partial charge in [-0.25, -0.2) is 0 Å². The Morgan fingerprint density at radius 2 is 0.476 bits per heavy atom. The summed E-state index contributed by atoms with van der Waals surface area (Å²) in [5.74, 6) is -1.02. The SMILES string of the molecule is CC/C=C\C/C=C\C/C=C\C/C=C\C/C=C\C/C=C\C/C=C\C/C=C\C/C=C\CCCCCC(=O)OCC(COC(=O)CCCCCCCC)OC(=O)CCCC/C=C\C/C=C\C/C=C\C/C=C\C/C=C\C/C=C\C/C=C\C/C=C\CC. The molecule has 0 bridgehead atoms. The number of esters is 3. The standard InChI is InChI=1S/C76H114O6/c1-4-7-10-13-16-18-20-22-24-26-28-30-32-34-36-37-38-39-41-42-44-46-48-50-52-54-56-58-60-63-66-69-75(78)81-72-73(71-80-74(77)68-65-62-15-12-9-6-3)82-76(79)70-67-64-61-59-57-55-53-51-49-47-45-43-40-35-33-31-29-27-25-23-21-19-17-14-11-8-5-2/h7-8,10-11,16-19,22-25,28-31,34-36,38-40,42,44-45,47-48,50-51,53-54,56-57,59,73H,4-6,9,12-15,20-21,26-27,32-33,37,41,43,46,49,52,55,58,60-72H2,1-3H3/b10-7-,11-8-,18-16-,19-17-,24-22-,25-23-,30-28-,31-29-,36-34-,39-38-,40-35-,44-42-,47-45-,50-48-,53-51-,56-54-,59-57-. The number of allylic oxidation sites excluding steroid dienone is 34. The third-order valence-electron chi connectivity index (χ3n) is 12.5. The molecule has 0 aromatic heterocycles. The minimum Gasteiger partial charge on any atom is -0.462 e. The molecule has 0 aliphatic rings. The fraction of sp³-hybridized carbons (Fsp3) is 0.513. The summed E-state index contributed by atoms with van der Waals surface area (Å²) in [6.45, 7) is 6.26. The molecule has 0 heterocycles. The number of rotatable bonds is 55. The van der Waals surface area contributed by atoms with Crippen LogP contribution in [-0.2, 0) is 28.6 Å². The molecule has 0 aromatic carbocycles. The summed E-state index contributed by atoms with van der Waals surface area (Å²) in [5.41, 5.74) is 0. The molecule has 1 atom stereocenters. The number of hydrogen-bond acceptors (Lipinski definition) is 6. The maximum atomic E-state index is 12.8. The van der Waals surface area contributed by atoms with Gasteiger partial charge in [0.2, 0.25) is 0 Å². The Morgan fingerprint density at radius 3 is 0.768 bits per heavy atom. The molecule has 0 N–H and O–H groups in total. The van der Waals surface area contributed by atoms with E-state index in [1.165, 1.54) is 19.3 Å². The van der Waals surface area contributed by atoms with Gasteiger partial charge in [0.15, 0.2) is 6.10 Å². The summed E-state index contributed by atoms with van der Waals surface area (Å²) >= 11 is 0. The molecule has 0 saturated carbocycles. The average molecular weight is 1120 g/mol. The van der Waals surface area contributed by atoms with Crippen LogP contribution in [0.25, 0.3) is 0 Å². The average Bonchev–Trinajstić information content (AvgIpc) is 3.47. The van der Waals surface area contributed by atoms with Crippen LogP contribution < -0.4 is 0 Å². The molecule has 0 fully saturated rings. The van der Waals surface area contributed by atoms with Crippen LogP contribution in [0, 0.1) is 0 Å². The first-order valence-corrected chi connectivity index (χ1v) is 32.1. The van der Waals surface area contributed by atoms with E-state index >= 15 is 0 Å². The van der Waals surface area contributed by atoms with E-state index in [1.807, 2.05) is 0 Å². The Kier molecular flexibility index (Phi) is 62.5. The van der Waals surface area contributed by atoms with Crippen molar-refractivity contribution in [3.63, 3.8) is 0 Å². The lowest BCUT2D eigenvalue weighted by molar-refractivity contribution is -0.167. The van der Waals surface area contributed by atoms with E-state index in [0.29, 0.717) is 19.3 Å². The van der Waals surface area contributed by atoms with Gasteiger partial charge >= 0.3 is 17.9 Å². The Labute approximate surface area is 502 Å². The largest absolute Gasteiger partial charge is 0.462 e. The monoisotopic (exact) mass is 1120 g/mol. The zero-order chi connectivity index (χ0) is 59.2. The number of carbonyl (C=O) groups is 3. The zero-order valence-corrected chi connectivity index (χ0v) is 51.9. The van der Waals surface area contributed by atoms with Gasteiger partial charge in [-0.3, -0.25) is 14.4 Å². The van der Waals surface area contributed by atoms with Gasteiger partial charge in [0.1, 0.15) is 13.2 Å². The molecule has 0 saturated heterocycles. The van der Waals surface area contributed by atoms with Crippen LogP contribution in [0.3, 0.4) is 0 Å². The summed E-state index contributed by atoms with van der Waals surface area (Å²) in [6, 6.07) is 0. The minimum atomic E-state index is -0.826. The minimum absolute atomic E-state index is 0.118. The second-order valence-corrected chi connectivity index (χ2v) is 20.2. The van der Waals surface area contributed by atoms with Crippen LogP contribution in [0.2, 0.25) is 0 Å². The van der Waals surface area contributed by atoms with Crippen molar-refractivity contribution in [2.45, 2.75) is 239 Å². The summed E-state index contributed by atoms with van der Waals surface area (Å²) < 4.78 is 16.7. The van der Waals surface area contributed by atoms with Gasteiger partial charge < -0.3 is 14.2 Å². The van der Waals surface area contributed by atoms with Crippen LogP contribution in [-0.4, -0.2) is 37.2 Å². The van der Waals surface area contributed by atoms with E-state index in [1.54, 1.807) is 0 Å². The van der Waals surface area contributed by atoms with Gasteiger partial charge in [-0.15, -0.1) is 0 Å². The predicted octanol–water partition coefficient (Wildman–Crippen LogP) is 22.4. The smallest absolute Gasteiger partial charge is 0.306 e. The molecular formula is C76H114O6. The van der Waals surface area contributed by atoms with Crippen molar-refractivity contribution < 1.29 is 28.6 Å². The first-order chi connectivity index (χ1) is 40.5. The van der Waals surface area contributed by atoms with Crippen LogP contribution >= 0.6 is 0 Å². The highest BCUT2D eigenvalue weighted by Gasteiger charge is 2.19. The highest BCUT2D eigenvalue weighted by Crippen LogP contribution is 2.12. The van der Waals surface area contributed by atoms with Crippen molar-refractivity contribution in [1.82, 2.24) is 0 Å². The van der Waals surface area contributed by atoms with Gasteiger partial charge in [-0.05, 0) is 154 Å². The summed E-state index contributed by atoms with van der Waals surface area (Å²) in [4.78, 5) is 38.0. The molecular weight excluding hydrogens is 1010 g/mol. The van der Waals surface area contributed by atoms with Gasteiger partial charge in [0.25, 0.3) is 0 Å². The lowest BCUT2D eigenvalue weighted by Gasteiger charge is -2.18. The van der Waals surface area contributed by atoms with E-state index in [2.05, 4.69) is 227 Å². The first-order valence-electron chi connectivity index (χ1n) is 32.1. The first kappa shape index (κ1) is 76.0. The third-order valence-corrected chi connectivity index (χ3v) is 12.5. The summed E-state index contributed by atoms with van der Waals surface area (Å²) in [7, 11) is 0. The molecule has 6 nitrogen and oxygen atoms in total. The highest BCUT2D eigenvalue weighted by molar-refractivity contribution is 5.71. The van der Waals surface area contributed by atoms with Crippen molar-refractivity contribution in [2.24, 2.45) is 0 Å². The second kappa shape index (κ2) is 67.5. The molecule has 82 heavy (non-hydrogen) atoms. The number of carbonyl (C=O) groups excluding carboxylic acids is 3. The molecule has 0 rings (SSSR count). The predicted molar refractivity (Wildman–Crippen MR) is 357 cm³/mol. The molecule has 454 valence electrons. The normalized spacial score (nSPS) is 13.5. The maximum Gasteiger partial charge on any atom is 0.306 e. The van der Waals surface area contributed by atoms with E-state index < -0.39 is 6.10 Å². The van der Waals surface area contributed by atoms with Crippen molar-refractivity contribution in [3.05, 3.63) is 207 Å². The van der Waals surface area contributed by atoms with Gasteiger partial charge in [0, 0.05) is 19.3 Å². The van der Waals surface area contributed by atoms with Gasteiger partial charge in [-0.1, -0.05) is 266 Å². The van der Waals surface area contributed by atoms with Crippen LogP contribution in [0.15, 0.2) is 207 Å². The molecule has 0 aromatic rings. The maximum absolute atomic E-state index is 12.8. The molecule has 0 radical (unpaired) electrons. The van der Waals surface area contributed by atoms with Gasteiger partial charge in [0.05, 0.1) is 0 Å². The van der Waals surface area contributed by atoms with Crippen molar-refractivity contribution in [2.75, 3.05) is 13.2 Å². The van der Waals surface area contributed by atoms with Crippen LogP contribution in [0.5, 0.6) is 0 Å². The van der Waals surface area contributed by atoms with Crippen LogP contribution in [0.1, 0.15) is 233 Å². The lowest BCUT2D eigenvalue weighted by Crippen LogP contribution is -2.30. The van der Waals surface area contributed by atoms with E-state index in [-0.39, 0.29) is 37.5 Å². The molecule has 1 unspecified atom stereocenters. The Balaban J connectivity index is 4.33. The fourth-order valence-corrected chi connectivity index (χ4v) is 7.80. The topological polar surface area (TPSA) is 78.9 Å². The zero-order valence-electron chi connectivity index (χ0n) is 51.9. The number of ether oxygens (including phenoxy) is 3. The molecule has 0 spiro atoms. The van der Waals surface area contributed by atoms with Crippen molar-refractivity contribution in [1.29, 1.82) is 0 Å². The quantitative estimate of drug-likeness (QED) is 0.0261. The summed E-state index contributed by atoms with van der Waals surface area (Å²) in [5, 5.41) is 0. The Bertz CT molecular complexity index is 2020. The van der Waals surface area contributed by atoms with Crippen molar-refractivity contribution in [3.8, 4) is 0 Å². The number of hydrogen-bond donors (Lipinski definition) is 0. The fourth-order valence-electron chi connectivity index (χ4n) is 7.80. The van der Waals surface area contributed by atoms with E-state index in [4.69, 9.17) is 14.2 Å². The Hall–Kier alpha value is -6.01. The van der Waals surface area contributed by atoms with Crippen molar-refractivity contribution >= 4 is 17.9 Å². The molecule has 0 aliphatic heterocycles. The highest BCUT2D eigenvalue weighted by atomic mass is 16.6. The molecule has 6 heteroatoms. The van der Waals surface area contributed by atoms with Gasteiger partial charge in [-0.2, -0.15) is 0 Å². The molecule has 0 amide bonds. The number of unbranched alkanes of at least 4 members (excludes halogenated alkanes) is 10. The van der Waals surface area contributed by atoms with E-state index in [9.17, 15) is 14.4 Å². The summed E-state index contributed by atoms with van der Waals surface area (Å²) in [6.07, 6.45) is 104. The second-order valence-electron chi connectivity index (χ2n) is 20.2. The Morgan fingerprint density at radius 1 is 0.256 bits per heavy atom.